The second-order valence-corrected chi connectivity index (χ2v) is 8.05. The van der Waals surface area contributed by atoms with Crippen LogP contribution in [0.3, 0.4) is 0 Å². The number of carbonyl (C=O) groups excluding carboxylic acids is 2. The number of amides is 1. The average Bonchev–Trinajstić information content (AvgIpc) is 2.57. The fraction of sp³-hybridized carbons (Fsp3) is 0.556. The summed E-state index contributed by atoms with van der Waals surface area (Å²) in [6.45, 7) is 4.27. The van der Waals surface area contributed by atoms with E-state index in [1.54, 1.807) is 19.9 Å². The molecule has 0 aromatic heterocycles. The first-order chi connectivity index (χ1) is 12.2. The zero-order valence-electron chi connectivity index (χ0n) is 18.8. The largest absolute Gasteiger partial charge is 0.504 e. The van der Waals surface area contributed by atoms with Crippen molar-refractivity contribution in [2.75, 3.05) is 26.9 Å². The number of aromatic hydroxyl groups is 2. The summed E-state index contributed by atoms with van der Waals surface area (Å²) in [5.74, 6) is -1.38. The molecule has 2 atom stereocenters. The summed E-state index contributed by atoms with van der Waals surface area (Å²) in [5, 5.41) is 21.5. The first kappa shape index (κ1) is 49.5. The smallest absolute Gasteiger partial charge is 0.322 e. The number of phenolic OH excluding ortho intramolecular Hbond substituents is 2. The third-order valence-corrected chi connectivity index (χ3v) is 4.48. The Bertz CT molecular complexity index is 639. The Balaban J connectivity index is -0.000000193. The van der Waals surface area contributed by atoms with Gasteiger partial charge in [0.25, 0.3) is 0 Å². The molecule has 33 heavy (non-hydrogen) atoms. The zero-order valence-corrected chi connectivity index (χ0v) is 23.5. The zero-order chi connectivity index (χ0) is 19.7. The van der Waals surface area contributed by atoms with E-state index in [-0.39, 0.29) is 101 Å². The van der Waals surface area contributed by atoms with E-state index in [1.165, 1.54) is 19.2 Å². The van der Waals surface area contributed by atoms with Gasteiger partial charge in [-0.15, -0.1) is 0 Å². The number of methoxy groups -OCH3 is 1. The van der Waals surface area contributed by atoms with Crippen LogP contribution in [0.5, 0.6) is 11.5 Å². The van der Waals surface area contributed by atoms with E-state index in [0.29, 0.717) is 19.6 Å². The number of nitrogens with one attached hydrogen (secondary N) is 1. The van der Waals surface area contributed by atoms with Crippen LogP contribution in [-0.4, -0.2) is 80.7 Å². The SMILES string of the molecule is COCCOC(=O)C(C)(Br)CC(C)C(=O)NCCc1ccc(O)c(O)c1.O.O.O.O.O.[Ti].[Ti]. The Morgan fingerprint density at radius 3 is 2.09 bits per heavy atom. The van der Waals surface area contributed by atoms with E-state index in [2.05, 4.69) is 21.2 Å². The number of halogens is 1. The van der Waals surface area contributed by atoms with Crippen LogP contribution in [0, 0.1) is 5.92 Å². The predicted molar refractivity (Wildman–Crippen MR) is 119 cm³/mol. The molecule has 1 rings (SSSR count). The van der Waals surface area contributed by atoms with E-state index < -0.39 is 16.2 Å². The molecule has 1 amide bonds. The van der Waals surface area contributed by atoms with Gasteiger partial charge in [0.05, 0.1) is 6.61 Å². The Kier molecular flexibility index (Phi) is 36.9. The molecule has 15 heteroatoms. The van der Waals surface area contributed by atoms with Gasteiger partial charge in [-0.2, -0.15) is 0 Å². The predicted octanol–water partition coefficient (Wildman–Crippen LogP) is -2.00. The van der Waals surface area contributed by atoms with Crippen LogP contribution in [0.1, 0.15) is 25.8 Å². The molecule has 0 saturated carbocycles. The molecule has 1 aromatic carbocycles. The average molecular weight is 618 g/mol. The van der Waals surface area contributed by atoms with Gasteiger partial charge in [-0.25, -0.2) is 0 Å². The van der Waals surface area contributed by atoms with Gasteiger partial charge in [0.1, 0.15) is 10.9 Å². The minimum absolute atomic E-state index is 0. The molecule has 12 nitrogen and oxygen atoms in total. The number of phenols is 2. The van der Waals surface area contributed by atoms with E-state index in [0.717, 1.165) is 5.56 Å². The molecular weight excluding hydrogens is 582 g/mol. The van der Waals surface area contributed by atoms with Crippen LogP contribution in [-0.2, 0) is 68.9 Å². The quantitative estimate of drug-likeness (QED) is 0.0877. The second kappa shape index (κ2) is 24.5. The Morgan fingerprint density at radius 2 is 1.61 bits per heavy atom. The van der Waals surface area contributed by atoms with Crippen LogP contribution in [0.25, 0.3) is 0 Å². The van der Waals surface area contributed by atoms with Gasteiger partial charge in [-0.1, -0.05) is 28.9 Å². The van der Waals surface area contributed by atoms with E-state index in [4.69, 9.17) is 9.47 Å². The molecule has 0 aliphatic carbocycles. The minimum atomic E-state index is -0.958. The van der Waals surface area contributed by atoms with Gasteiger partial charge in [-0.3, -0.25) is 9.59 Å². The number of alkyl halides is 1. The maximum Gasteiger partial charge on any atom is 0.322 e. The first-order valence-corrected chi connectivity index (χ1v) is 9.10. The first-order valence-electron chi connectivity index (χ1n) is 8.31. The van der Waals surface area contributed by atoms with Gasteiger partial charge in [0.15, 0.2) is 11.5 Å². The third-order valence-electron chi connectivity index (χ3n) is 3.84. The molecule has 0 aliphatic rings. The van der Waals surface area contributed by atoms with Crippen LogP contribution in [0.15, 0.2) is 18.2 Å². The van der Waals surface area contributed by atoms with Gasteiger partial charge < -0.3 is 52.4 Å². The molecule has 0 spiro atoms. The summed E-state index contributed by atoms with van der Waals surface area (Å²) in [4.78, 5) is 24.3. The Labute approximate surface area is 231 Å². The van der Waals surface area contributed by atoms with Crippen molar-refractivity contribution in [3.05, 3.63) is 23.8 Å². The number of hydrogen-bond acceptors (Lipinski definition) is 6. The van der Waals surface area contributed by atoms with Crippen molar-refractivity contribution in [3.63, 3.8) is 0 Å². The van der Waals surface area contributed by atoms with Crippen molar-refractivity contribution in [3.8, 4) is 11.5 Å². The standard InChI is InChI=1S/C18H26BrNO6.5H2O.2Ti/c1-12(11-18(2,19)17(24)26-9-8-25-3)16(23)20-7-6-13-4-5-14(21)15(22)10-13;;;;;;;/h4-5,10,12,21-22H,6-9,11H2,1-3H3,(H,20,23);5*1H2;;. The Hall–Kier alpha value is -0.571. The molecule has 0 aliphatic heterocycles. The fourth-order valence-corrected chi connectivity index (χ4v) is 2.95. The summed E-state index contributed by atoms with van der Waals surface area (Å²) in [5.41, 5.74) is 0.792. The van der Waals surface area contributed by atoms with Crippen molar-refractivity contribution >= 4 is 27.8 Å². The maximum absolute atomic E-state index is 12.2. The topological polar surface area (TPSA) is 263 Å². The van der Waals surface area contributed by atoms with E-state index in [9.17, 15) is 19.8 Å². The van der Waals surface area contributed by atoms with Crippen LogP contribution in [0.4, 0.5) is 0 Å². The summed E-state index contributed by atoms with van der Waals surface area (Å²) >= 11 is 3.34. The number of benzene rings is 1. The number of carbonyl (C=O) groups is 2. The van der Waals surface area contributed by atoms with Crippen molar-refractivity contribution < 1.29 is 100 Å². The molecule has 0 bridgehead atoms. The molecular formula is C18H36BrNO11Ti2. The molecule has 0 saturated heterocycles. The van der Waals surface area contributed by atoms with Gasteiger partial charge in [-0.05, 0) is 37.5 Å². The normalized spacial score (nSPS) is 11.3. The van der Waals surface area contributed by atoms with E-state index >= 15 is 0 Å². The monoisotopic (exact) mass is 617 g/mol. The van der Waals surface area contributed by atoms with Gasteiger partial charge >= 0.3 is 5.97 Å². The number of ether oxygens (including phenoxy) is 2. The summed E-state index contributed by atoms with van der Waals surface area (Å²) in [6, 6.07) is 4.54. The molecule has 0 radical (unpaired) electrons. The van der Waals surface area contributed by atoms with Crippen molar-refractivity contribution in [2.45, 2.75) is 31.0 Å². The maximum atomic E-state index is 12.2. The van der Waals surface area contributed by atoms with Gasteiger partial charge in [0.2, 0.25) is 5.91 Å². The summed E-state index contributed by atoms with van der Waals surface area (Å²) in [7, 11) is 1.52. The number of rotatable bonds is 10. The van der Waals surface area contributed by atoms with Crippen molar-refractivity contribution in [2.24, 2.45) is 5.92 Å². The molecule has 1 aromatic rings. The van der Waals surface area contributed by atoms with Crippen LogP contribution >= 0.6 is 15.9 Å². The van der Waals surface area contributed by atoms with E-state index in [1.807, 2.05) is 0 Å². The second-order valence-electron chi connectivity index (χ2n) is 6.30. The van der Waals surface area contributed by atoms with Crippen LogP contribution < -0.4 is 5.32 Å². The third kappa shape index (κ3) is 18.4. The molecule has 0 fully saturated rings. The number of hydrogen-bond donors (Lipinski definition) is 3. The summed E-state index contributed by atoms with van der Waals surface area (Å²) in [6.07, 6.45) is 0.793. The van der Waals surface area contributed by atoms with Gasteiger partial charge in [0, 0.05) is 63.0 Å². The molecule has 13 N–H and O–H groups in total. The number of esters is 1. The van der Waals surface area contributed by atoms with Crippen LogP contribution in [0.2, 0.25) is 0 Å². The molecule has 0 heterocycles. The Morgan fingerprint density at radius 1 is 1.06 bits per heavy atom. The summed E-state index contributed by atoms with van der Waals surface area (Å²) < 4.78 is 8.98. The minimum Gasteiger partial charge on any atom is -0.504 e. The fourth-order valence-electron chi connectivity index (χ4n) is 2.35. The molecule has 2 unspecified atom stereocenters. The van der Waals surface area contributed by atoms with Crippen molar-refractivity contribution in [1.29, 1.82) is 0 Å². The van der Waals surface area contributed by atoms with Crippen molar-refractivity contribution in [1.82, 2.24) is 5.32 Å². The molecule has 194 valence electrons.